The Kier molecular flexibility index (Phi) is 3.29. The van der Waals surface area contributed by atoms with Crippen molar-refractivity contribution in [2.24, 2.45) is 5.92 Å². The maximum atomic E-state index is 11.4. The van der Waals surface area contributed by atoms with Gasteiger partial charge in [-0.25, -0.2) is 4.79 Å². The largest absolute Gasteiger partial charge is 0.467 e. The van der Waals surface area contributed by atoms with Gasteiger partial charge in [-0.3, -0.25) is 0 Å². The van der Waals surface area contributed by atoms with Gasteiger partial charge in [0.2, 0.25) is 0 Å². The number of nitrogens with one attached hydrogen (secondary N) is 2. The average molecular weight is 220 g/mol. The second-order valence-corrected chi connectivity index (χ2v) is 4.07. The highest BCUT2D eigenvalue weighted by molar-refractivity contribution is 5.74. The summed E-state index contributed by atoms with van der Waals surface area (Å²) in [5.74, 6) is 1.43. The summed E-state index contributed by atoms with van der Waals surface area (Å²) in [7, 11) is 0. The molecule has 4 heteroatoms. The van der Waals surface area contributed by atoms with Crippen molar-refractivity contribution in [3.63, 3.8) is 0 Å². The van der Waals surface area contributed by atoms with Crippen LogP contribution in [0, 0.1) is 5.92 Å². The Balaban J connectivity index is 1.70. The Morgan fingerprint density at radius 3 is 3.06 bits per heavy atom. The summed E-state index contributed by atoms with van der Waals surface area (Å²) < 4.78 is 5.10. The molecule has 0 radical (unpaired) electrons. The first-order valence-electron chi connectivity index (χ1n) is 5.49. The number of hydrogen-bond donors (Lipinski definition) is 2. The molecular formula is C12H16N2O2. The third kappa shape index (κ3) is 3.15. The van der Waals surface area contributed by atoms with Crippen molar-refractivity contribution in [1.82, 2.24) is 10.6 Å². The van der Waals surface area contributed by atoms with E-state index in [1.807, 2.05) is 13.0 Å². The fourth-order valence-corrected chi connectivity index (χ4v) is 1.47. The number of urea groups is 1. The molecule has 1 aliphatic rings. The molecule has 0 bridgehead atoms. The summed E-state index contributed by atoms with van der Waals surface area (Å²) in [6.07, 6.45) is 5.87. The van der Waals surface area contributed by atoms with E-state index in [0.717, 1.165) is 5.76 Å². The van der Waals surface area contributed by atoms with E-state index in [1.165, 1.54) is 18.4 Å². The highest BCUT2D eigenvalue weighted by Crippen LogP contribution is 2.35. The van der Waals surface area contributed by atoms with Crippen molar-refractivity contribution < 1.29 is 9.21 Å². The molecule has 2 amide bonds. The molecule has 2 rings (SSSR count). The monoisotopic (exact) mass is 220 g/mol. The molecule has 16 heavy (non-hydrogen) atoms. The van der Waals surface area contributed by atoms with E-state index >= 15 is 0 Å². The van der Waals surface area contributed by atoms with Crippen molar-refractivity contribution in [2.45, 2.75) is 26.3 Å². The zero-order valence-electron chi connectivity index (χ0n) is 9.32. The van der Waals surface area contributed by atoms with Gasteiger partial charge in [0.25, 0.3) is 0 Å². The number of carbonyl (C=O) groups excluding carboxylic acids is 1. The molecule has 0 aliphatic heterocycles. The lowest BCUT2D eigenvalue weighted by Gasteiger charge is -2.03. The smallest absolute Gasteiger partial charge is 0.319 e. The molecule has 1 aliphatic carbocycles. The minimum absolute atomic E-state index is 0.198. The van der Waals surface area contributed by atoms with Crippen LogP contribution in [-0.4, -0.2) is 6.03 Å². The zero-order chi connectivity index (χ0) is 11.4. The first kappa shape index (κ1) is 10.8. The first-order valence-corrected chi connectivity index (χ1v) is 5.49. The van der Waals surface area contributed by atoms with E-state index in [0.29, 0.717) is 12.5 Å². The molecule has 0 spiro atoms. The van der Waals surface area contributed by atoms with Gasteiger partial charge >= 0.3 is 6.03 Å². The molecule has 1 fully saturated rings. The third-order valence-corrected chi connectivity index (χ3v) is 2.66. The molecule has 1 saturated carbocycles. The zero-order valence-corrected chi connectivity index (χ0v) is 9.32. The van der Waals surface area contributed by atoms with Crippen LogP contribution in [0.2, 0.25) is 0 Å². The third-order valence-electron chi connectivity index (χ3n) is 2.66. The van der Waals surface area contributed by atoms with Crippen molar-refractivity contribution >= 4 is 6.03 Å². The van der Waals surface area contributed by atoms with Crippen LogP contribution in [-0.2, 0) is 6.54 Å². The molecule has 1 aromatic heterocycles. The molecule has 0 unspecified atom stereocenters. The molecule has 1 heterocycles. The first-order chi connectivity index (χ1) is 7.75. The van der Waals surface area contributed by atoms with Crippen molar-refractivity contribution in [1.29, 1.82) is 0 Å². The fraction of sp³-hybridized carbons (Fsp3) is 0.417. The topological polar surface area (TPSA) is 54.3 Å². The molecule has 1 aromatic rings. The minimum atomic E-state index is -0.198. The Bertz CT molecular complexity index is 378. The van der Waals surface area contributed by atoms with Crippen LogP contribution >= 0.6 is 0 Å². The maximum Gasteiger partial charge on any atom is 0.319 e. The van der Waals surface area contributed by atoms with Crippen LogP contribution in [0.5, 0.6) is 0 Å². The molecule has 0 atom stereocenters. The average Bonchev–Trinajstić information content (AvgIpc) is 3.01. The van der Waals surface area contributed by atoms with E-state index in [4.69, 9.17) is 4.42 Å². The minimum Gasteiger partial charge on any atom is -0.467 e. The standard InChI is InChI=1S/C12H16N2O2/c1-9(10-4-5-10)7-13-12(15)14-8-11-3-2-6-16-11/h2-3,6-7,10H,4-5,8H2,1H3,(H2,13,14,15)/b9-7+. The van der Waals surface area contributed by atoms with Gasteiger partial charge in [0.05, 0.1) is 12.8 Å². The Morgan fingerprint density at radius 2 is 2.44 bits per heavy atom. The summed E-state index contributed by atoms with van der Waals surface area (Å²) in [5, 5.41) is 5.42. The lowest BCUT2D eigenvalue weighted by Crippen LogP contribution is -2.31. The Hall–Kier alpha value is -1.71. The van der Waals surface area contributed by atoms with Gasteiger partial charge in [0.1, 0.15) is 5.76 Å². The fourth-order valence-electron chi connectivity index (χ4n) is 1.47. The maximum absolute atomic E-state index is 11.4. The van der Waals surface area contributed by atoms with Gasteiger partial charge in [-0.2, -0.15) is 0 Å². The number of rotatable bonds is 4. The van der Waals surface area contributed by atoms with Crippen molar-refractivity contribution in [2.75, 3.05) is 0 Å². The molecule has 0 aromatic carbocycles. The summed E-state index contributed by atoms with van der Waals surface area (Å²) in [6.45, 7) is 2.46. The quantitative estimate of drug-likeness (QED) is 0.818. The van der Waals surface area contributed by atoms with E-state index in [2.05, 4.69) is 10.6 Å². The molecule has 86 valence electrons. The summed E-state index contributed by atoms with van der Waals surface area (Å²) >= 11 is 0. The van der Waals surface area contributed by atoms with E-state index in [1.54, 1.807) is 18.5 Å². The van der Waals surface area contributed by atoms with E-state index in [-0.39, 0.29) is 6.03 Å². The van der Waals surface area contributed by atoms with Crippen LogP contribution in [0.15, 0.2) is 34.6 Å². The molecular weight excluding hydrogens is 204 g/mol. The predicted molar refractivity (Wildman–Crippen MR) is 60.6 cm³/mol. The van der Waals surface area contributed by atoms with E-state index < -0.39 is 0 Å². The van der Waals surface area contributed by atoms with Gasteiger partial charge < -0.3 is 15.1 Å². The lowest BCUT2D eigenvalue weighted by molar-refractivity contribution is 0.242. The van der Waals surface area contributed by atoms with Crippen LogP contribution in [0.25, 0.3) is 0 Å². The number of amides is 2. The summed E-state index contributed by atoms with van der Waals surface area (Å²) in [4.78, 5) is 11.4. The predicted octanol–water partition coefficient (Wildman–Crippen LogP) is 2.39. The highest BCUT2D eigenvalue weighted by atomic mass is 16.3. The van der Waals surface area contributed by atoms with Crippen LogP contribution in [0.3, 0.4) is 0 Å². The number of carbonyl (C=O) groups is 1. The van der Waals surface area contributed by atoms with Gasteiger partial charge in [-0.15, -0.1) is 0 Å². The normalized spacial score (nSPS) is 15.9. The Labute approximate surface area is 94.7 Å². The van der Waals surface area contributed by atoms with Gasteiger partial charge in [0.15, 0.2) is 0 Å². The highest BCUT2D eigenvalue weighted by Gasteiger charge is 2.22. The van der Waals surface area contributed by atoms with Crippen LogP contribution in [0.1, 0.15) is 25.5 Å². The van der Waals surface area contributed by atoms with Crippen molar-refractivity contribution in [3.8, 4) is 0 Å². The number of allylic oxidation sites excluding steroid dienone is 1. The van der Waals surface area contributed by atoms with E-state index in [9.17, 15) is 4.79 Å². The van der Waals surface area contributed by atoms with Gasteiger partial charge in [-0.05, 0) is 37.8 Å². The van der Waals surface area contributed by atoms with Gasteiger partial charge in [0, 0.05) is 6.20 Å². The van der Waals surface area contributed by atoms with Crippen LogP contribution in [0.4, 0.5) is 4.79 Å². The SMILES string of the molecule is C/C(=C\NC(=O)NCc1ccco1)C1CC1. The lowest BCUT2D eigenvalue weighted by atomic mass is 10.2. The summed E-state index contributed by atoms with van der Waals surface area (Å²) in [6, 6.07) is 3.42. The van der Waals surface area contributed by atoms with Crippen molar-refractivity contribution in [3.05, 3.63) is 35.9 Å². The number of hydrogen-bond acceptors (Lipinski definition) is 2. The second kappa shape index (κ2) is 4.88. The molecule has 0 saturated heterocycles. The Morgan fingerprint density at radius 1 is 1.62 bits per heavy atom. The number of furan rings is 1. The summed E-state index contributed by atoms with van der Waals surface area (Å²) in [5.41, 5.74) is 1.24. The van der Waals surface area contributed by atoms with Crippen LogP contribution < -0.4 is 10.6 Å². The molecule has 4 nitrogen and oxygen atoms in total. The molecule has 2 N–H and O–H groups in total. The second-order valence-electron chi connectivity index (χ2n) is 4.07. The van der Waals surface area contributed by atoms with Gasteiger partial charge in [-0.1, -0.05) is 5.57 Å².